The van der Waals surface area contributed by atoms with Crippen LogP contribution in [0.1, 0.15) is 17.8 Å². The maximum Gasteiger partial charge on any atom is 0.194 e. The highest BCUT2D eigenvalue weighted by atomic mass is 32.1. The van der Waals surface area contributed by atoms with E-state index < -0.39 is 0 Å². The van der Waals surface area contributed by atoms with Crippen LogP contribution in [-0.2, 0) is 6.42 Å². The molecule has 13 heavy (non-hydrogen) atoms. The highest BCUT2D eigenvalue weighted by Gasteiger charge is 2.07. The molecular weight excluding hydrogens is 200 g/mol. The minimum Gasteiger partial charge on any atom is -0.294 e. The number of hydrogen-bond donors (Lipinski definition) is 1. The summed E-state index contributed by atoms with van der Waals surface area (Å²) in [5.74, 6) is 0.941. The smallest absolute Gasteiger partial charge is 0.194 e. The van der Waals surface area contributed by atoms with Crippen molar-refractivity contribution in [2.24, 2.45) is 0 Å². The molecule has 0 radical (unpaired) electrons. The predicted molar refractivity (Wildman–Crippen MR) is 60.0 cm³/mol. The van der Waals surface area contributed by atoms with E-state index in [0.29, 0.717) is 0 Å². The van der Waals surface area contributed by atoms with E-state index in [1.165, 1.54) is 5.69 Å². The average molecular weight is 212 g/mol. The normalized spacial score (nSPS) is 11.2. The van der Waals surface area contributed by atoms with Gasteiger partial charge in [0.2, 0.25) is 0 Å². The van der Waals surface area contributed by atoms with E-state index >= 15 is 0 Å². The molecule has 0 bridgehead atoms. The zero-order valence-electron chi connectivity index (χ0n) is 7.53. The van der Waals surface area contributed by atoms with Crippen molar-refractivity contribution in [1.29, 1.82) is 0 Å². The Labute approximate surface area is 87.0 Å². The SMILES string of the molecule is Cc1nc2sccn2c1CCCS. The number of nitrogens with zero attached hydrogens (tertiary/aromatic N) is 2. The molecule has 2 heterocycles. The number of thiol groups is 1. The summed E-state index contributed by atoms with van der Waals surface area (Å²) in [6, 6.07) is 0. The summed E-state index contributed by atoms with van der Waals surface area (Å²) in [7, 11) is 0. The van der Waals surface area contributed by atoms with Crippen LogP contribution in [0.5, 0.6) is 0 Å². The van der Waals surface area contributed by atoms with Crippen molar-refractivity contribution >= 4 is 28.9 Å². The van der Waals surface area contributed by atoms with Crippen LogP contribution in [0.2, 0.25) is 0 Å². The van der Waals surface area contributed by atoms with Gasteiger partial charge in [-0.05, 0) is 25.5 Å². The fourth-order valence-electron chi connectivity index (χ4n) is 1.49. The van der Waals surface area contributed by atoms with Gasteiger partial charge in [-0.2, -0.15) is 12.6 Å². The molecule has 0 atom stereocenters. The molecule has 0 spiro atoms. The van der Waals surface area contributed by atoms with Gasteiger partial charge < -0.3 is 0 Å². The lowest BCUT2D eigenvalue weighted by Gasteiger charge is -1.98. The molecule has 2 aromatic rings. The van der Waals surface area contributed by atoms with Crippen molar-refractivity contribution in [3.05, 3.63) is 23.0 Å². The van der Waals surface area contributed by atoms with Crippen LogP contribution in [0.15, 0.2) is 11.6 Å². The minimum atomic E-state index is 0.941. The van der Waals surface area contributed by atoms with Crippen LogP contribution in [0.3, 0.4) is 0 Å². The van der Waals surface area contributed by atoms with Gasteiger partial charge in [0.05, 0.1) is 5.69 Å². The van der Waals surface area contributed by atoms with Crippen LogP contribution >= 0.6 is 24.0 Å². The largest absolute Gasteiger partial charge is 0.294 e. The molecule has 0 saturated carbocycles. The first kappa shape index (κ1) is 9.09. The molecule has 0 aliphatic heterocycles. The molecule has 2 nitrogen and oxygen atoms in total. The van der Waals surface area contributed by atoms with E-state index in [1.807, 2.05) is 0 Å². The first-order valence-corrected chi connectivity index (χ1v) is 5.86. The summed E-state index contributed by atoms with van der Waals surface area (Å²) in [6.45, 7) is 2.08. The Bertz CT molecular complexity index is 403. The molecule has 4 heteroatoms. The topological polar surface area (TPSA) is 17.3 Å². The summed E-state index contributed by atoms with van der Waals surface area (Å²) in [5.41, 5.74) is 2.50. The molecule has 0 amide bonds. The van der Waals surface area contributed by atoms with E-state index in [0.717, 1.165) is 29.2 Å². The van der Waals surface area contributed by atoms with Gasteiger partial charge in [-0.1, -0.05) is 0 Å². The molecular formula is C9H12N2S2. The standard InChI is InChI=1S/C9H12N2S2/c1-7-8(3-2-5-12)11-4-6-13-9(11)10-7/h4,6,12H,2-3,5H2,1H3. The number of thiazole rings is 1. The van der Waals surface area contributed by atoms with Crippen molar-refractivity contribution in [3.63, 3.8) is 0 Å². The van der Waals surface area contributed by atoms with Crippen LogP contribution in [-0.4, -0.2) is 15.1 Å². The third kappa shape index (κ3) is 1.60. The second kappa shape index (κ2) is 3.72. The van der Waals surface area contributed by atoms with Crippen molar-refractivity contribution in [3.8, 4) is 0 Å². The molecule has 0 aliphatic carbocycles. The Morgan fingerprint density at radius 3 is 3.23 bits per heavy atom. The van der Waals surface area contributed by atoms with Gasteiger partial charge in [0.1, 0.15) is 0 Å². The number of hydrogen-bond acceptors (Lipinski definition) is 3. The second-order valence-electron chi connectivity index (χ2n) is 3.03. The van der Waals surface area contributed by atoms with Crippen molar-refractivity contribution in [1.82, 2.24) is 9.38 Å². The molecule has 70 valence electrons. The molecule has 2 aromatic heterocycles. The molecule has 0 fully saturated rings. The fourth-order valence-corrected chi connectivity index (χ4v) is 2.43. The summed E-state index contributed by atoms with van der Waals surface area (Å²) < 4.78 is 2.18. The minimum absolute atomic E-state index is 0.941. The highest BCUT2D eigenvalue weighted by Crippen LogP contribution is 2.17. The van der Waals surface area contributed by atoms with E-state index in [4.69, 9.17) is 0 Å². The summed E-state index contributed by atoms with van der Waals surface area (Å²) >= 11 is 5.91. The monoisotopic (exact) mass is 212 g/mol. The van der Waals surface area contributed by atoms with Gasteiger partial charge in [0, 0.05) is 17.3 Å². The highest BCUT2D eigenvalue weighted by molar-refractivity contribution is 7.80. The van der Waals surface area contributed by atoms with E-state index in [-0.39, 0.29) is 0 Å². The molecule has 0 aliphatic rings. The Hall–Kier alpha value is -0.480. The van der Waals surface area contributed by atoms with Gasteiger partial charge in [0.25, 0.3) is 0 Å². The number of rotatable bonds is 3. The number of fused-ring (bicyclic) bond motifs is 1. The zero-order valence-corrected chi connectivity index (χ0v) is 9.24. The molecule has 0 unspecified atom stereocenters. The number of imidazole rings is 1. The number of aryl methyl sites for hydroxylation is 2. The van der Waals surface area contributed by atoms with Crippen molar-refractivity contribution in [2.75, 3.05) is 5.75 Å². The van der Waals surface area contributed by atoms with Gasteiger partial charge in [-0.15, -0.1) is 11.3 Å². The second-order valence-corrected chi connectivity index (χ2v) is 4.35. The van der Waals surface area contributed by atoms with Crippen LogP contribution in [0.25, 0.3) is 4.96 Å². The summed E-state index contributed by atoms with van der Waals surface area (Å²) in [4.78, 5) is 5.59. The Kier molecular flexibility index (Phi) is 2.60. The average Bonchev–Trinajstić information content (AvgIpc) is 2.62. The van der Waals surface area contributed by atoms with E-state index in [9.17, 15) is 0 Å². The first-order valence-electron chi connectivity index (χ1n) is 4.35. The van der Waals surface area contributed by atoms with E-state index in [2.05, 4.69) is 40.5 Å². The lowest BCUT2D eigenvalue weighted by molar-refractivity contribution is 0.870. The fraction of sp³-hybridized carbons (Fsp3) is 0.444. The zero-order chi connectivity index (χ0) is 9.26. The lowest BCUT2D eigenvalue weighted by atomic mass is 10.2. The Morgan fingerprint density at radius 2 is 2.46 bits per heavy atom. The van der Waals surface area contributed by atoms with Crippen LogP contribution in [0, 0.1) is 6.92 Å². The number of aromatic nitrogens is 2. The molecule has 2 rings (SSSR count). The van der Waals surface area contributed by atoms with Crippen molar-refractivity contribution < 1.29 is 0 Å². The predicted octanol–water partition coefficient (Wildman–Crippen LogP) is 2.57. The lowest BCUT2D eigenvalue weighted by Crippen LogP contribution is -1.93. The Morgan fingerprint density at radius 1 is 1.62 bits per heavy atom. The van der Waals surface area contributed by atoms with E-state index in [1.54, 1.807) is 11.3 Å². The first-order chi connectivity index (χ1) is 6.33. The quantitative estimate of drug-likeness (QED) is 0.774. The maximum atomic E-state index is 4.48. The van der Waals surface area contributed by atoms with Gasteiger partial charge in [0.15, 0.2) is 4.96 Å². The molecule has 0 aromatic carbocycles. The maximum absolute atomic E-state index is 4.48. The van der Waals surface area contributed by atoms with Gasteiger partial charge in [-0.25, -0.2) is 4.98 Å². The van der Waals surface area contributed by atoms with Gasteiger partial charge in [-0.3, -0.25) is 4.40 Å². The third-order valence-electron chi connectivity index (χ3n) is 2.13. The third-order valence-corrected chi connectivity index (χ3v) is 3.21. The molecule has 0 saturated heterocycles. The Balaban J connectivity index is 2.39. The van der Waals surface area contributed by atoms with Crippen LogP contribution in [0.4, 0.5) is 0 Å². The van der Waals surface area contributed by atoms with Gasteiger partial charge >= 0.3 is 0 Å². The molecule has 0 N–H and O–H groups in total. The van der Waals surface area contributed by atoms with Crippen LogP contribution < -0.4 is 0 Å². The summed E-state index contributed by atoms with van der Waals surface area (Å²) in [6.07, 6.45) is 4.29. The summed E-state index contributed by atoms with van der Waals surface area (Å²) in [5, 5.41) is 2.08. The van der Waals surface area contributed by atoms with Crippen molar-refractivity contribution in [2.45, 2.75) is 19.8 Å².